The minimum atomic E-state index is -3.71. The van der Waals surface area contributed by atoms with Crippen LogP contribution in [0.2, 0.25) is 0 Å². The third-order valence-electron chi connectivity index (χ3n) is 5.36. The maximum atomic E-state index is 13.1. The van der Waals surface area contributed by atoms with Crippen LogP contribution >= 0.6 is 0 Å². The number of nitrogens with zero attached hydrogens (tertiary/aromatic N) is 1. The average Bonchev–Trinajstić information content (AvgIpc) is 2.74. The van der Waals surface area contributed by atoms with Crippen molar-refractivity contribution in [2.24, 2.45) is 11.7 Å². The van der Waals surface area contributed by atoms with E-state index in [1.165, 1.54) is 17.5 Å². The van der Waals surface area contributed by atoms with E-state index in [9.17, 15) is 18.0 Å². The second-order valence-corrected chi connectivity index (χ2v) is 9.60. The topological polar surface area (TPSA) is 119 Å². The van der Waals surface area contributed by atoms with Crippen LogP contribution < -0.4 is 15.8 Å². The first-order chi connectivity index (χ1) is 14.7. The minimum absolute atomic E-state index is 0.124. The normalized spacial score (nSPS) is 17.2. The van der Waals surface area contributed by atoms with Crippen LogP contribution in [-0.2, 0) is 26.0 Å². The average molecular weight is 446 g/mol. The molecule has 1 saturated heterocycles. The molecule has 1 atom stereocenters. The quantitative estimate of drug-likeness (QED) is 0.676. The minimum Gasteiger partial charge on any atom is -0.496 e. The molecule has 0 aromatic heterocycles. The zero-order chi connectivity index (χ0) is 22.6. The summed E-state index contributed by atoms with van der Waals surface area (Å²) in [6.45, 7) is 2.29. The smallest absolute Gasteiger partial charge is 0.243 e. The van der Waals surface area contributed by atoms with Crippen molar-refractivity contribution in [2.45, 2.75) is 31.1 Å². The summed E-state index contributed by atoms with van der Waals surface area (Å²) in [5, 5.41) is 2.83. The van der Waals surface area contributed by atoms with Crippen LogP contribution in [0, 0.1) is 12.8 Å². The van der Waals surface area contributed by atoms with Crippen LogP contribution in [-0.4, -0.2) is 44.7 Å². The van der Waals surface area contributed by atoms with Crippen molar-refractivity contribution in [1.82, 2.24) is 4.31 Å². The number of hydrogen-bond donors (Lipinski definition) is 2. The van der Waals surface area contributed by atoms with Crippen molar-refractivity contribution in [3.05, 3.63) is 53.6 Å². The van der Waals surface area contributed by atoms with Gasteiger partial charge in [-0.05, 0) is 61.2 Å². The van der Waals surface area contributed by atoms with Crippen LogP contribution in [0.25, 0.3) is 0 Å². The van der Waals surface area contributed by atoms with Crippen molar-refractivity contribution < 1.29 is 22.7 Å². The molecule has 3 rings (SSSR count). The SMILES string of the molecule is COc1ccc(S(=O)(=O)N2CCC[C@@H](C(=O)Nc3ccc(CC(N)=O)cc3)C2)cc1C. The molecule has 166 valence electrons. The predicted molar refractivity (Wildman–Crippen MR) is 117 cm³/mol. The van der Waals surface area contributed by atoms with Gasteiger partial charge in [0.2, 0.25) is 21.8 Å². The van der Waals surface area contributed by atoms with E-state index in [-0.39, 0.29) is 23.8 Å². The molecule has 8 nitrogen and oxygen atoms in total. The van der Waals surface area contributed by atoms with Gasteiger partial charge in [-0.3, -0.25) is 9.59 Å². The summed E-state index contributed by atoms with van der Waals surface area (Å²) in [6, 6.07) is 11.6. The van der Waals surface area contributed by atoms with Gasteiger partial charge in [0.05, 0.1) is 24.3 Å². The molecule has 0 unspecified atom stereocenters. The summed E-state index contributed by atoms with van der Waals surface area (Å²) in [4.78, 5) is 23.9. The Balaban J connectivity index is 1.68. The Hall–Kier alpha value is -2.91. The number of amides is 2. The van der Waals surface area contributed by atoms with E-state index < -0.39 is 21.8 Å². The fraction of sp³-hybridized carbons (Fsp3) is 0.364. The fourth-order valence-corrected chi connectivity index (χ4v) is 5.30. The number of hydrogen-bond acceptors (Lipinski definition) is 5. The van der Waals surface area contributed by atoms with E-state index in [1.807, 2.05) is 0 Å². The van der Waals surface area contributed by atoms with E-state index in [4.69, 9.17) is 10.5 Å². The number of aryl methyl sites for hydroxylation is 1. The lowest BCUT2D eigenvalue weighted by Crippen LogP contribution is -2.43. The highest BCUT2D eigenvalue weighted by Gasteiger charge is 2.33. The number of rotatable bonds is 7. The van der Waals surface area contributed by atoms with E-state index in [2.05, 4.69) is 5.32 Å². The van der Waals surface area contributed by atoms with Crippen molar-refractivity contribution >= 4 is 27.5 Å². The maximum absolute atomic E-state index is 13.1. The van der Waals surface area contributed by atoms with Crippen LogP contribution in [0.4, 0.5) is 5.69 Å². The summed E-state index contributed by atoms with van der Waals surface area (Å²) >= 11 is 0. The molecule has 0 radical (unpaired) electrons. The Morgan fingerprint density at radius 1 is 1.19 bits per heavy atom. The van der Waals surface area contributed by atoms with Gasteiger partial charge in [-0.15, -0.1) is 0 Å². The fourth-order valence-electron chi connectivity index (χ4n) is 3.69. The molecule has 0 aliphatic carbocycles. The molecule has 3 N–H and O–H groups in total. The van der Waals surface area contributed by atoms with E-state index >= 15 is 0 Å². The summed E-state index contributed by atoms with van der Waals surface area (Å²) in [5.41, 5.74) is 7.26. The van der Waals surface area contributed by atoms with Gasteiger partial charge < -0.3 is 15.8 Å². The van der Waals surface area contributed by atoms with Crippen molar-refractivity contribution in [1.29, 1.82) is 0 Å². The zero-order valence-corrected chi connectivity index (χ0v) is 18.4. The number of carbonyl (C=O) groups is 2. The number of benzene rings is 2. The van der Waals surface area contributed by atoms with Crippen molar-refractivity contribution in [3.63, 3.8) is 0 Å². The molecular formula is C22H27N3O5S. The standard InChI is InChI=1S/C22H27N3O5S/c1-15-12-19(9-10-20(15)30-2)31(28,29)25-11-3-4-17(14-25)22(27)24-18-7-5-16(6-8-18)13-21(23)26/h5-10,12,17H,3-4,11,13-14H2,1-2H3,(H2,23,26)(H,24,27)/t17-/m1/s1. The predicted octanol–water partition coefficient (Wildman–Crippen LogP) is 2.07. The first-order valence-corrected chi connectivity index (χ1v) is 11.5. The molecule has 1 aliphatic heterocycles. The number of nitrogens with one attached hydrogen (secondary N) is 1. The summed E-state index contributed by atoms with van der Waals surface area (Å²) < 4.78 is 32.8. The Bertz CT molecular complexity index is 1070. The number of primary amides is 1. The van der Waals surface area contributed by atoms with Crippen molar-refractivity contribution in [3.8, 4) is 5.75 Å². The van der Waals surface area contributed by atoms with Gasteiger partial charge in [0.25, 0.3) is 0 Å². The van der Waals surface area contributed by atoms with Crippen LogP contribution in [0.15, 0.2) is 47.4 Å². The highest BCUT2D eigenvalue weighted by molar-refractivity contribution is 7.89. The lowest BCUT2D eigenvalue weighted by atomic mass is 9.98. The third kappa shape index (κ3) is 5.42. The molecule has 9 heteroatoms. The Morgan fingerprint density at radius 2 is 1.90 bits per heavy atom. The van der Waals surface area contributed by atoms with Gasteiger partial charge in [-0.2, -0.15) is 4.31 Å². The van der Waals surface area contributed by atoms with Crippen LogP contribution in [0.5, 0.6) is 5.75 Å². The second-order valence-electron chi connectivity index (χ2n) is 7.66. The maximum Gasteiger partial charge on any atom is 0.243 e. The molecule has 0 saturated carbocycles. The number of carbonyl (C=O) groups excluding carboxylic acids is 2. The van der Waals surface area contributed by atoms with Gasteiger partial charge in [0.1, 0.15) is 5.75 Å². The second kappa shape index (κ2) is 9.49. The van der Waals surface area contributed by atoms with E-state index in [1.54, 1.807) is 43.3 Å². The molecular weight excluding hydrogens is 418 g/mol. The van der Waals surface area contributed by atoms with Gasteiger partial charge in [0, 0.05) is 18.8 Å². The lowest BCUT2D eigenvalue weighted by molar-refractivity contribution is -0.121. The molecule has 2 aromatic rings. The van der Waals surface area contributed by atoms with Crippen LogP contribution in [0.3, 0.4) is 0 Å². The third-order valence-corrected chi connectivity index (χ3v) is 7.22. The number of methoxy groups -OCH3 is 1. The highest BCUT2D eigenvalue weighted by atomic mass is 32.2. The van der Waals surface area contributed by atoms with E-state index in [0.717, 1.165) is 11.1 Å². The summed E-state index contributed by atoms with van der Waals surface area (Å²) in [6.07, 6.45) is 1.35. The highest BCUT2D eigenvalue weighted by Crippen LogP contribution is 2.27. The number of nitrogens with two attached hydrogens (primary N) is 1. The Labute approximate surface area is 182 Å². The zero-order valence-electron chi connectivity index (χ0n) is 17.6. The van der Waals surface area contributed by atoms with Crippen LogP contribution in [0.1, 0.15) is 24.0 Å². The Morgan fingerprint density at radius 3 is 2.52 bits per heavy atom. The van der Waals surface area contributed by atoms with E-state index in [0.29, 0.717) is 30.8 Å². The van der Waals surface area contributed by atoms with Crippen molar-refractivity contribution in [2.75, 3.05) is 25.5 Å². The van der Waals surface area contributed by atoms with Gasteiger partial charge in [-0.25, -0.2) is 8.42 Å². The van der Waals surface area contributed by atoms with Gasteiger partial charge in [-0.1, -0.05) is 12.1 Å². The molecule has 1 heterocycles. The van der Waals surface area contributed by atoms with Gasteiger partial charge >= 0.3 is 0 Å². The lowest BCUT2D eigenvalue weighted by Gasteiger charge is -2.31. The molecule has 31 heavy (non-hydrogen) atoms. The number of ether oxygens (including phenoxy) is 1. The molecule has 1 aliphatic rings. The number of anilines is 1. The molecule has 2 aromatic carbocycles. The first-order valence-electron chi connectivity index (χ1n) is 10.0. The Kier molecular flexibility index (Phi) is 6.97. The summed E-state index contributed by atoms with van der Waals surface area (Å²) in [7, 11) is -2.17. The molecule has 2 amide bonds. The molecule has 1 fully saturated rings. The number of piperidine rings is 1. The largest absolute Gasteiger partial charge is 0.496 e. The first kappa shape index (κ1) is 22.8. The molecule has 0 bridgehead atoms. The molecule has 0 spiro atoms. The summed E-state index contributed by atoms with van der Waals surface area (Å²) in [5.74, 6) is -0.481. The number of sulfonamides is 1. The monoisotopic (exact) mass is 445 g/mol. The van der Waals surface area contributed by atoms with Gasteiger partial charge in [0.15, 0.2) is 0 Å².